The van der Waals surface area contributed by atoms with Crippen molar-refractivity contribution in [1.29, 1.82) is 0 Å². The van der Waals surface area contributed by atoms with Crippen LogP contribution in [0.2, 0.25) is 0 Å². The molecule has 0 radical (unpaired) electrons. The molecule has 6 rings (SSSR count). The summed E-state index contributed by atoms with van der Waals surface area (Å²) in [5.74, 6) is 2.76. The molecule has 186 valence electrons. The number of nitrogens with zero attached hydrogens (tertiary/aromatic N) is 5. The van der Waals surface area contributed by atoms with Crippen LogP contribution in [0.4, 0.5) is 0 Å². The molecule has 0 saturated carbocycles. The van der Waals surface area contributed by atoms with E-state index in [4.69, 9.17) is 14.2 Å². The summed E-state index contributed by atoms with van der Waals surface area (Å²) in [7, 11) is 1.65. The van der Waals surface area contributed by atoms with Crippen molar-refractivity contribution in [1.82, 2.24) is 30.1 Å². The minimum absolute atomic E-state index is 0.158. The number of methoxy groups -OCH3 is 1. The number of benzene rings is 2. The van der Waals surface area contributed by atoms with E-state index in [9.17, 15) is 4.79 Å². The van der Waals surface area contributed by atoms with E-state index >= 15 is 0 Å². The van der Waals surface area contributed by atoms with Crippen LogP contribution in [-0.2, 0) is 6.54 Å². The van der Waals surface area contributed by atoms with E-state index in [1.165, 1.54) is 12.8 Å². The second-order valence-corrected chi connectivity index (χ2v) is 9.24. The van der Waals surface area contributed by atoms with Gasteiger partial charge in [0.2, 0.25) is 6.79 Å². The number of aromatic nitrogens is 5. The van der Waals surface area contributed by atoms with Crippen LogP contribution in [0.1, 0.15) is 48.7 Å². The molecule has 2 aromatic heterocycles. The summed E-state index contributed by atoms with van der Waals surface area (Å²) in [6.45, 7) is 2.41. The number of tetrazole rings is 1. The second-order valence-electron chi connectivity index (χ2n) is 9.24. The third-order valence-electron chi connectivity index (χ3n) is 6.96. The molecule has 1 N–H and O–H groups in total. The lowest BCUT2D eigenvalue weighted by molar-refractivity contribution is 0.174. The van der Waals surface area contributed by atoms with Gasteiger partial charge in [-0.05, 0) is 66.2 Å². The van der Waals surface area contributed by atoms with Crippen molar-refractivity contribution in [3.63, 3.8) is 0 Å². The summed E-state index contributed by atoms with van der Waals surface area (Å²) in [4.78, 5) is 18.9. The van der Waals surface area contributed by atoms with Crippen molar-refractivity contribution in [2.45, 2.75) is 38.3 Å². The quantitative estimate of drug-likeness (QED) is 0.441. The van der Waals surface area contributed by atoms with Crippen LogP contribution >= 0.6 is 0 Å². The Bertz CT molecular complexity index is 1420. The Morgan fingerprint density at radius 1 is 1.03 bits per heavy atom. The molecule has 1 saturated heterocycles. The zero-order valence-corrected chi connectivity index (χ0v) is 20.1. The first kappa shape index (κ1) is 22.5. The van der Waals surface area contributed by atoms with Gasteiger partial charge in [-0.15, -0.1) is 5.10 Å². The average molecular weight is 489 g/mol. The molecule has 2 aromatic carbocycles. The minimum atomic E-state index is -0.380. The summed E-state index contributed by atoms with van der Waals surface area (Å²) in [6, 6.07) is 13.1. The number of rotatable bonds is 6. The number of fused-ring (bicyclic) bond motifs is 2. The molecule has 0 spiro atoms. The summed E-state index contributed by atoms with van der Waals surface area (Å²) in [5, 5.41) is 13.6. The van der Waals surface area contributed by atoms with Gasteiger partial charge in [0.25, 0.3) is 5.56 Å². The molecule has 10 heteroatoms. The van der Waals surface area contributed by atoms with E-state index in [0.717, 1.165) is 42.6 Å². The van der Waals surface area contributed by atoms with Crippen LogP contribution in [0.3, 0.4) is 0 Å². The third kappa shape index (κ3) is 4.28. The van der Waals surface area contributed by atoms with Crippen LogP contribution in [0, 0.1) is 0 Å². The fourth-order valence-corrected chi connectivity index (χ4v) is 5.09. The molecule has 2 aliphatic rings. The van der Waals surface area contributed by atoms with Gasteiger partial charge < -0.3 is 19.2 Å². The van der Waals surface area contributed by atoms with E-state index in [1.807, 2.05) is 42.5 Å². The first-order valence-corrected chi connectivity index (χ1v) is 12.3. The Morgan fingerprint density at radius 2 is 1.78 bits per heavy atom. The van der Waals surface area contributed by atoms with E-state index in [2.05, 4.69) is 25.4 Å². The SMILES string of the molecule is COc1ccc(Cn2nnnc2[C@@H](c2cc3cc4c(cc3[nH]c2=O)OCO4)N2CCCCCC2)cc1. The molecule has 1 fully saturated rings. The topological polar surface area (TPSA) is 107 Å². The minimum Gasteiger partial charge on any atom is -0.497 e. The monoisotopic (exact) mass is 488 g/mol. The van der Waals surface area contributed by atoms with E-state index in [0.29, 0.717) is 34.9 Å². The highest BCUT2D eigenvalue weighted by Crippen LogP contribution is 2.36. The Kier molecular flexibility index (Phi) is 6.02. The van der Waals surface area contributed by atoms with Gasteiger partial charge in [-0.2, -0.15) is 0 Å². The first-order chi connectivity index (χ1) is 17.7. The highest BCUT2D eigenvalue weighted by Gasteiger charge is 2.31. The predicted octanol–water partition coefficient (Wildman–Crippen LogP) is 3.27. The normalized spacial score (nSPS) is 16.7. The van der Waals surface area contributed by atoms with Crippen LogP contribution in [-0.4, -0.2) is 57.1 Å². The lowest BCUT2D eigenvalue weighted by Crippen LogP contribution is -2.36. The summed E-state index contributed by atoms with van der Waals surface area (Å²) in [5.41, 5.74) is 2.21. The molecule has 2 aliphatic heterocycles. The van der Waals surface area contributed by atoms with Crippen LogP contribution in [0.5, 0.6) is 17.2 Å². The van der Waals surface area contributed by atoms with Gasteiger partial charge in [0, 0.05) is 17.0 Å². The predicted molar refractivity (Wildman–Crippen MR) is 132 cm³/mol. The first-order valence-electron chi connectivity index (χ1n) is 12.3. The lowest BCUT2D eigenvalue weighted by atomic mass is 10.0. The molecule has 0 amide bonds. The largest absolute Gasteiger partial charge is 0.497 e. The van der Waals surface area contributed by atoms with E-state index < -0.39 is 0 Å². The maximum Gasteiger partial charge on any atom is 0.253 e. The Hall–Kier alpha value is -3.92. The van der Waals surface area contributed by atoms with Gasteiger partial charge in [0.1, 0.15) is 11.8 Å². The number of ether oxygens (including phenoxy) is 3. The Labute approximate surface area is 207 Å². The van der Waals surface area contributed by atoms with Gasteiger partial charge in [-0.25, -0.2) is 4.68 Å². The third-order valence-corrected chi connectivity index (χ3v) is 6.96. The number of hydrogen-bond acceptors (Lipinski definition) is 8. The van der Waals surface area contributed by atoms with Crippen molar-refractivity contribution in [3.8, 4) is 17.2 Å². The van der Waals surface area contributed by atoms with Gasteiger partial charge in [0.15, 0.2) is 17.3 Å². The van der Waals surface area contributed by atoms with Crippen LogP contribution in [0.15, 0.2) is 47.3 Å². The van der Waals surface area contributed by atoms with Crippen molar-refractivity contribution in [3.05, 3.63) is 69.8 Å². The zero-order chi connectivity index (χ0) is 24.5. The molecule has 10 nitrogen and oxygen atoms in total. The summed E-state index contributed by atoms with van der Waals surface area (Å²) >= 11 is 0. The molecule has 0 unspecified atom stereocenters. The fraction of sp³-hybridized carbons (Fsp3) is 0.385. The number of likely N-dealkylation sites (tertiary alicyclic amines) is 1. The molecule has 36 heavy (non-hydrogen) atoms. The molecule has 4 aromatic rings. The molecule has 4 heterocycles. The van der Waals surface area contributed by atoms with Gasteiger partial charge in [0.05, 0.1) is 19.2 Å². The van der Waals surface area contributed by atoms with Crippen molar-refractivity contribution >= 4 is 10.9 Å². The highest BCUT2D eigenvalue weighted by atomic mass is 16.7. The van der Waals surface area contributed by atoms with Crippen LogP contribution < -0.4 is 19.8 Å². The highest BCUT2D eigenvalue weighted by molar-refractivity contribution is 5.83. The molecule has 0 bridgehead atoms. The molecular weight excluding hydrogens is 460 g/mol. The number of nitrogens with one attached hydrogen (secondary N) is 1. The maximum atomic E-state index is 13.5. The smallest absolute Gasteiger partial charge is 0.253 e. The van der Waals surface area contributed by atoms with E-state index in [-0.39, 0.29) is 18.4 Å². The summed E-state index contributed by atoms with van der Waals surface area (Å²) < 4.78 is 18.1. The number of aromatic amines is 1. The zero-order valence-electron chi connectivity index (χ0n) is 20.1. The number of pyridine rings is 1. The standard InChI is InChI=1S/C26H28N6O4/c1-34-19-8-6-17(7-9-19)15-32-25(28-29-30-32)24(31-10-4-2-3-5-11-31)20-12-18-13-22-23(36-16-35-22)14-21(18)27-26(20)33/h6-9,12-14,24H,2-5,10-11,15-16H2,1H3,(H,27,33)/t24-/m1/s1. The summed E-state index contributed by atoms with van der Waals surface area (Å²) in [6.07, 6.45) is 4.50. The number of hydrogen-bond donors (Lipinski definition) is 1. The van der Waals surface area contributed by atoms with Gasteiger partial charge in [-0.3, -0.25) is 9.69 Å². The van der Waals surface area contributed by atoms with Crippen molar-refractivity contribution in [2.75, 3.05) is 27.0 Å². The van der Waals surface area contributed by atoms with Gasteiger partial charge >= 0.3 is 0 Å². The molecule has 0 aliphatic carbocycles. The molecular formula is C26H28N6O4. The Morgan fingerprint density at radius 3 is 2.53 bits per heavy atom. The average Bonchev–Trinajstić information content (AvgIpc) is 3.45. The van der Waals surface area contributed by atoms with Crippen molar-refractivity contribution in [2.24, 2.45) is 0 Å². The molecule has 1 atom stereocenters. The fourth-order valence-electron chi connectivity index (χ4n) is 5.09. The Balaban J connectivity index is 1.44. The van der Waals surface area contributed by atoms with Gasteiger partial charge in [-0.1, -0.05) is 25.0 Å². The van der Waals surface area contributed by atoms with Crippen LogP contribution in [0.25, 0.3) is 10.9 Å². The van der Waals surface area contributed by atoms with E-state index in [1.54, 1.807) is 11.8 Å². The second kappa shape index (κ2) is 9.62. The van der Waals surface area contributed by atoms with Crippen molar-refractivity contribution < 1.29 is 14.2 Å². The number of H-pyrrole nitrogens is 1. The maximum absolute atomic E-state index is 13.5. The lowest BCUT2D eigenvalue weighted by Gasteiger charge is -2.29.